The first kappa shape index (κ1) is 101. The number of imidazole rings is 1. The monoisotopic (exact) mass is 1510 g/mol. The van der Waals surface area contributed by atoms with E-state index in [-0.39, 0.29) is 81.2 Å². The maximum absolute atomic E-state index is 4.52. The largest absolute Gasteiger partial charge is 0.332 e. The molecule has 0 fully saturated rings. The van der Waals surface area contributed by atoms with Gasteiger partial charge in [-0.2, -0.15) is 20.4 Å². The lowest BCUT2D eigenvalue weighted by atomic mass is 9.76. The molecule has 614 valence electrons. The quantitative estimate of drug-likeness (QED) is 0.152. The number of hydrogen-bond donors (Lipinski definition) is 0. The summed E-state index contributed by atoms with van der Waals surface area (Å²) in [7, 11) is 0. The Balaban J connectivity index is 0.000000629. The molecule has 0 saturated carbocycles. The Morgan fingerprint density at radius 1 is 0.227 bits per heavy atom. The highest BCUT2D eigenvalue weighted by atomic mass is 15.1. The standard InChI is InChI=1S/2C13H21N.5C12H20N2.C10H18N2/c1-12(2,3)10-7-8-14-9-11(10)13(4,5)6;1-12(2,3)10-8-7-9-14-11(10)13(4,5)6;2*1-11(2,3)9-7-13-8-14-10(9)12(4,5)6;1-11(2,3)9-7-13-14-8-10(9)12(4,5)6;1-11(2,3)9-10(12(4,5)6)14-8-7-13-9;1-11(2,3)9-7-8-13-14-10(9)12(4,5)6;1-8(2)12-7-6-11-9(12)10(3,4)5/h2*7-9H,1-6H3;5*7-8H,1-6H3;6-8H,1-5H3. The third-order valence-corrected chi connectivity index (χ3v) is 17.8. The number of nitrogens with zero attached hydrogens (tertiary/aromatic N) is 14. The van der Waals surface area contributed by atoms with Gasteiger partial charge in [-0.1, -0.05) is 318 Å². The number of aromatic nitrogens is 14. The van der Waals surface area contributed by atoms with Gasteiger partial charge in [0.2, 0.25) is 0 Å². The Morgan fingerprint density at radius 2 is 0.527 bits per heavy atom. The van der Waals surface area contributed by atoms with Gasteiger partial charge in [0.25, 0.3) is 0 Å². The molecule has 14 heteroatoms. The molecule has 0 N–H and O–H groups in total. The predicted octanol–water partition coefficient (Wildman–Crippen LogP) is 25.5. The van der Waals surface area contributed by atoms with E-state index in [1.54, 1.807) is 31.2 Å². The van der Waals surface area contributed by atoms with Gasteiger partial charge in [0.1, 0.15) is 18.5 Å². The SMILES string of the molecule is CC(C)(C)c1cccnc1C(C)(C)C.CC(C)(C)c1ccncc1C(C)(C)C.CC(C)(C)c1ccnnc1C(C)(C)C.CC(C)(C)c1cncnc1C(C)(C)C.CC(C)(C)c1cncnc1C(C)(C)C.CC(C)(C)c1cnncc1C(C)(C)C.CC(C)(C)c1nccnc1C(C)(C)C.CC(C)n1ccnc1C(C)(C)C. The van der Waals surface area contributed by atoms with Crippen molar-refractivity contribution in [1.29, 1.82) is 0 Å². The third-order valence-electron chi connectivity index (χ3n) is 17.8. The molecule has 0 aliphatic rings. The van der Waals surface area contributed by atoms with Crippen molar-refractivity contribution in [1.82, 2.24) is 69.8 Å². The molecule has 0 aromatic carbocycles. The fourth-order valence-corrected chi connectivity index (χ4v) is 12.0. The average Bonchev–Trinajstić information content (AvgIpc) is 1.26. The zero-order chi connectivity index (χ0) is 86.2. The van der Waals surface area contributed by atoms with Crippen LogP contribution in [0.25, 0.3) is 0 Å². The van der Waals surface area contributed by atoms with Crippen LogP contribution in [0.4, 0.5) is 0 Å². The van der Waals surface area contributed by atoms with Crippen LogP contribution in [0.5, 0.6) is 0 Å². The fraction of sp³-hybridized carbons (Fsp3) is 0.656. The van der Waals surface area contributed by atoms with Crippen LogP contribution in [0.2, 0.25) is 0 Å². The van der Waals surface area contributed by atoms with E-state index in [1.807, 2.05) is 61.8 Å². The molecule has 0 aliphatic heterocycles. The van der Waals surface area contributed by atoms with Crippen LogP contribution in [0.1, 0.15) is 416 Å². The van der Waals surface area contributed by atoms with Crippen molar-refractivity contribution in [3.05, 3.63) is 196 Å². The highest BCUT2D eigenvalue weighted by Crippen LogP contribution is 2.38. The minimum Gasteiger partial charge on any atom is -0.332 e. The summed E-state index contributed by atoms with van der Waals surface area (Å²) in [4.78, 5) is 39.1. The molecule has 8 heterocycles. The Morgan fingerprint density at radius 3 is 0.800 bits per heavy atom. The lowest BCUT2D eigenvalue weighted by molar-refractivity contribution is 0.469. The Labute approximate surface area is 674 Å². The van der Waals surface area contributed by atoms with Gasteiger partial charge in [0, 0.05) is 112 Å². The summed E-state index contributed by atoms with van der Waals surface area (Å²) >= 11 is 0. The van der Waals surface area contributed by atoms with Gasteiger partial charge in [-0.25, -0.2) is 24.9 Å². The highest BCUT2D eigenvalue weighted by Gasteiger charge is 2.33. The summed E-state index contributed by atoms with van der Waals surface area (Å²) < 4.78 is 2.22. The van der Waals surface area contributed by atoms with Gasteiger partial charge in [-0.3, -0.25) is 19.9 Å². The van der Waals surface area contributed by atoms with Crippen LogP contribution >= 0.6 is 0 Å². The molecule has 8 aromatic heterocycles. The Hall–Kier alpha value is -7.09. The van der Waals surface area contributed by atoms with Crippen molar-refractivity contribution < 1.29 is 0 Å². The van der Waals surface area contributed by atoms with Crippen molar-refractivity contribution >= 4 is 0 Å². The molecule has 110 heavy (non-hydrogen) atoms. The molecule has 0 radical (unpaired) electrons. The maximum Gasteiger partial charge on any atom is 0.115 e. The predicted molar refractivity (Wildman–Crippen MR) is 472 cm³/mol. The molecule has 0 unspecified atom stereocenters. The summed E-state index contributed by atoms with van der Waals surface area (Å²) in [6.07, 6.45) is 25.9. The second kappa shape index (κ2) is 38.2. The molecule has 0 aliphatic carbocycles. The van der Waals surface area contributed by atoms with Crippen molar-refractivity contribution in [2.45, 2.75) is 413 Å². The molecule has 0 saturated heterocycles. The van der Waals surface area contributed by atoms with Crippen LogP contribution < -0.4 is 0 Å². The first-order valence-electron chi connectivity index (χ1n) is 40.0. The lowest BCUT2D eigenvalue weighted by Gasteiger charge is -2.29. The van der Waals surface area contributed by atoms with E-state index in [4.69, 9.17) is 0 Å². The molecule has 8 rings (SSSR count). The van der Waals surface area contributed by atoms with Crippen LogP contribution in [0.3, 0.4) is 0 Å². The van der Waals surface area contributed by atoms with Gasteiger partial charge < -0.3 is 4.57 Å². The molecule has 14 nitrogen and oxygen atoms in total. The van der Waals surface area contributed by atoms with E-state index in [2.05, 4.69) is 413 Å². The zero-order valence-electron chi connectivity index (χ0n) is 79.2. The Bertz CT molecular complexity index is 3150. The van der Waals surface area contributed by atoms with E-state index in [0.29, 0.717) is 6.04 Å². The van der Waals surface area contributed by atoms with E-state index >= 15 is 0 Å². The summed E-state index contributed by atoms with van der Waals surface area (Å²) in [6, 6.07) is 8.93. The summed E-state index contributed by atoms with van der Waals surface area (Å²) in [6.45, 7) is 103. The van der Waals surface area contributed by atoms with Crippen molar-refractivity contribution in [2.75, 3.05) is 0 Å². The van der Waals surface area contributed by atoms with Gasteiger partial charge in [0.05, 0.1) is 40.9 Å². The molecular formula is C96H160N14. The van der Waals surface area contributed by atoms with Crippen molar-refractivity contribution in [3.8, 4) is 0 Å². The van der Waals surface area contributed by atoms with E-state index in [1.165, 1.54) is 50.2 Å². The first-order valence-corrected chi connectivity index (χ1v) is 40.0. The minimum atomic E-state index is 0.0663. The second-order valence-corrected chi connectivity index (χ2v) is 45.3. The van der Waals surface area contributed by atoms with Gasteiger partial charge in [-0.15, -0.1) is 0 Å². The maximum atomic E-state index is 4.52. The fourth-order valence-electron chi connectivity index (χ4n) is 12.0. The van der Waals surface area contributed by atoms with Crippen LogP contribution in [0, 0.1) is 0 Å². The molecular weight excluding hydrogens is 1350 g/mol. The Kier molecular flexibility index (Phi) is 35.0. The topological polar surface area (TPSA) is 172 Å². The normalized spacial score (nSPS) is 12.9. The number of pyridine rings is 2. The third kappa shape index (κ3) is 33.3. The average molecular weight is 1510 g/mol. The molecule has 0 bridgehead atoms. The summed E-state index contributed by atoms with van der Waals surface area (Å²) in [5.74, 6) is 1.16. The molecule has 0 atom stereocenters. The molecule has 0 amide bonds. The molecule has 0 spiro atoms. The summed E-state index contributed by atoms with van der Waals surface area (Å²) in [5.41, 5.74) is 19.2. The van der Waals surface area contributed by atoms with E-state index in [9.17, 15) is 0 Å². The van der Waals surface area contributed by atoms with Crippen molar-refractivity contribution in [2.24, 2.45) is 0 Å². The minimum absolute atomic E-state index is 0.0663. The van der Waals surface area contributed by atoms with Crippen LogP contribution in [-0.2, 0) is 81.2 Å². The van der Waals surface area contributed by atoms with Crippen LogP contribution in [0.15, 0.2) is 111 Å². The zero-order valence-corrected chi connectivity index (χ0v) is 79.2. The summed E-state index contributed by atoms with van der Waals surface area (Å²) in [5, 5.41) is 16.2. The van der Waals surface area contributed by atoms with Gasteiger partial charge in [-0.05, 0) is 120 Å². The number of rotatable bonds is 1. The van der Waals surface area contributed by atoms with E-state index in [0.717, 1.165) is 34.3 Å². The van der Waals surface area contributed by atoms with Gasteiger partial charge in [0.15, 0.2) is 0 Å². The molecule has 8 aromatic rings. The second-order valence-electron chi connectivity index (χ2n) is 45.3. The van der Waals surface area contributed by atoms with E-state index < -0.39 is 0 Å². The first-order chi connectivity index (χ1) is 49.0. The number of hydrogen-bond acceptors (Lipinski definition) is 13. The smallest absolute Gasteiger partial charge is 0.115 e. The van der Waals surface area contributed by atoms with Crippen LogP contribution in [-0.4, -0.2) is 69.8 Å². The van der Waals surface area contributed by atoms with Gasteiger partial charge >= 0.3 is 0 Å². The lowest BCUT2D eigenvalue weighted by Crippen LogP contribution is -2.24. The van der Waals surface area contributed by atoms with Crippen molar-refractivity contribution in [3.63, 3.8) is 0 Å². The highest BCUT2D eigenvalue weighted by molar-refractivity contribution is 5.37.